The quantitative estimate of drug-likeness (QED) is 0.563. The lowest BCUT2D eigenvalue weighted by Gasteiger charge is -2.23. The molecule has 0 aromatic rings. The number of allylic oxidation sites excluding steroid dienone is 3. The van der Waals surface area contributed by atoms with Crippen LogP contribution in [0.3, 0.4) is 0 Å². The Morgan fingerprint density at radius 2 is 2.06 bits per heavy atom. The lowest BCUT2D eigenvalue weighted by Crippen LogP contribution is -2.25. The minimum atomic E-state index is -0.517. The third-order valence-electron chi connectivity index (χ3n) is 4.77. The zero-order valence-corrected chi connectivity index (χ0v) is 10.8. The van der Waals surface area contributed by atoms with Crippen LogP contribution in [0.2, 0.25) is 0 Å². The molecule has 0 heterocycles. The summed E-state index contributed by atoms with van der Waals surface area (Å²) in [6.07, 6.45) is 4.91. The van der Waals surface area contributed by atoms with Crippen molar-refractivity contribution >= 4 is 18.9 Å². The van der Waals surface area contributed by atoms with Gasteiger partial charge in [0.1, 0.15) is 18.9 Å². The Morgan fingerprint density at radius 3 is 2.56 bits per heavy atom. The highest BCUT2D eigenvalue weighted by Crippen LogP contribution is 2.67. The van der Waals surface area contributed by atoms with E-state index < -0.39 is 5.92 Å². The molecule has 18 heavy (non-hydrogen) atoms. The fourth-order valence-electron chi connectivity index (χ4n) is 3.61. The summed E-state index contributed by atoms with van der Waals surface area (Å²) in [7, 11) is 0. The normalized spacial score (nSPS) is 36.7. The van der Waals surface area contributed by atoms with Crippen molar-refractivity contribution in [3.05, 3.63) is 23.8 Å². The summed E-state index contributed by atoms with van der Waals surface area (Å²) in [5.74, 6) is -0.0471. The minimum Gasteiger partial charge on any atom is -0.303 e. The van der Waals surface area contributed by atoms with Gasteiger partial charge in [0.2, 0.25) is 0 Å². The maximum absolute atomic E-state index is 11.3. The molecule has 0 bridgehead atoms. The highest BCUT2D eigenvalue weighted by Gasteiger charge is 2.62. The van der Waals surface area contributed by atoms with E-state index in [-0.39, 0.29) is 17.3 Å². The molecule has 3 heteroatoms. The Bertz CT molecular complexity index is 445. The summed E-state index contributed by atoms with van der Waals surface area (Å²) in [6, 6.07) is 0. The molecule has 1 saturated carbocycles. The smallest absolute Gasteiger partial charge is 0.146 e. The topological polar surface area (TPSA) is 51.2 Å². The number of carbonyl (C=O) groups is 3. The van der Waals surface area contributed by atoms with Crippen molar-refractivity contribution < 1.29 is 14.4 Å². The van der Waals surface area contributed by atoms with Crippen LogP contribution in [0.4, 0.5) is 0 Å². The predicted molar refractivity (Wildman–Crippen MR) is 67.8 cm³/mol. The Hall–Kier alpha value is -1.51. The Balaban J connectivity index is 2.45. The molecule has 0 N–H and O–H groups in total. The van der Waals surface area contributed by atoms with Crippen LogP contribution in [0.5, 0.6) is 0 Å². The van der Waals surface area contributed by atoms with Crippen molar-refractivity contribution in [2.75, 3.05) is 0 Å². The zero-order chi connectivity index (χ0) is 13.5. The predicted octanol–water partition coefficient (Wildman–Crippen LogP) is 1.97. The SMILES string of the molecule is C=C(C=O)C1C(C=O)C(C=O)=CCC2C1C2(C)C. The van der Waals surface area contributed by atoms with Gasteiger partial charge in [-0.05, 0) is 34.8 Å². The molecule has 0 aliphatic heterocycles. The second-order valence-electron chi connectivity index (χ2n) is 5.89. The van der Waals surface area contributed by atoms with Gasteiger partial charge in [-0.1, -0.05) is 26.5 Å². The molecule has 1 fully saturated rings. The van der Waals surface area contributed by atoms with Gasteiger partial charge < -0.3 is 4.79 Å². The molecule has 0 aromatic carbocycles. The molecule has 4 atom stereocenters. The third-order valence-corrected chi connectivity index (χ3v) is 4.77. The van der Waals surface area contributed by atoms with E-state index in [4.69, 9.17) is 0 Å². The van der Waals surface area contributed by atoms with Gasteiger partial charge in [-0.15, -0.1) is 0 Å². The largest absolute Gasteiger partial charge is 0.303 e. The monoisotopic (exact) mass is 246 g/mol. The fourth-order valence-corrected chi connectivity index (χ4v) is 3.61. The zero-order valence-electron chi connectivity index (χ0n) is 10.8. The molecule has 2 aliphatic rings. The van der Waals surface area contributed by atoms with Gasteiger partial charge in [0.25, 0.3) is 0 Å². The first-order valence-corrected chi connectivity index (χ1v) is 6.23. The molecular weight excluding hydrogens is 228 g/mol. The van der Waals surface area contributed by atoms with Crippen molar-refractivity contribution in [2.45, 2.75) is 20.3 Å². The Labute approximate surface area is 107 Å². The van der Waals surface area contributed by atoms with Gasteiger partial charge >= 0.3 is 0 Å². The highest BCUT2D eigenvalue weighted by molar-refractivity contribution is 5.84. The van der Waals surface area contributed by atoms with Gasteiger partial charge in [0.05, 0.1) is 0 Å². The van der Waals surface area contributed by atoms with E-state index >= 15 is 0 Å². The molecule has 0 radical (unpaired) electrons. The standard InChI is InChI=1S/C15H18O3/c1-9(6-16)13-11(8-18)10(7-17)4-5-12-14(13)15(12,2)3/h4,6-8,11-14H,1,5H2,2-3H3. The molecular formula is C15H18O3. The number of fused-ring (bicyclic) bond motifs is 1. The van der Waals surface area contributed by atoms with Crippen molar-refractivity contribution in [3.8, 4) is 0 Å². The molecule has 3 nitrogen and oxygen atoms in total. The van der Waals surface area contributed by atoms with Crippen LogP contribution in [-0.4, -0.2) is 18.9 Å². The van der Waals surface area contributed by atoms with Gasteiger partial charge in [0.15, 0.2) is 0 Å². The maximum Gasteiger partial charge on any atom is 0.146 e. The Morgan fingerprint density at radius 1 is 1.39 bits per heavy atom. The molecule has 2 rings (SSSR count). The van der Waals surface area contributed by atoms with E-state index in [1.807, 2.05) is 6.08 Å². The lowest BCUT2D eigenvalue weighted by atomic mass is 9.78. The molecule has 96 valence electrons. The van der Waals surface area contributed by atoms with E-state index in [9.17, 15) is 14.4 Å². The van der Waals surface area contributed by atoms with Gasteiger partial charge in [0, 0.05) is 11.8 Å². The first-order chi connectivity index (χ1) is 8.48. The van der Waals surface area contributed by atoms with Gasteiger partial charge in [-0.25, -0.2) is 0 Å². The summed E-state index contributed by atoms with van der Waals surface area (Å²) in [4.78, 5) is 33.4. The second kappa shape index (κ2) is 4.30. The van der Waals surface area contributed by atoms with Crippen LogP contribution in [-0.2, 0) is 14.4 Å². The van der Waals surface area contributed by atoms with E-state index in [0.717, 1.165) is 25.3 Å². The van der Waals surface area contributed by atoms with Crippen LogP contribution >= 0.6 is 0 Å². The Kier molecular flexibility index (Phi) is 3.09. The summed E-state index contributed by atoms with van der Waals surface area (Å²) < 4.78 is 0. The van der Waals surface area contributed by atoms with Crippen molar-refractivity contribution in [3.63, 3.8) is 0 Å². The van der Waals surface area contributed by atoms with Crippen molar-refractivity contribution in [2.24, 2.45) is 29.1 Å². The van der Waals surface area contributed by atoms with E-state index in [1.54, 1.807) is 0 Å². The van der Waals surface area contributed by atoms with E-state index in [0.29, 0.717) is 17.1 Å². The van der Waals surface area contributed by atoms with Gasteiger partial charge in [-0.2, -0.15) is 0 Å². The summed E-state index contributed by atoms with van der Waals surface area (Å²) in [6.45, 7) is 8.07. The maximum atomic E-state index is 11.3. The summed E-state index contributed by atoms with van der Waals surface area (Å²) in [5.41, 5.74) is 1.05. The van der Waals surface area contributed by atoms with E-state index in [2.05, 4.69) is 20.4 Å². The van der Waals surface area contributed by atoms with Crippen molar-refractivity contribution in [1.82, 2.24) is 0 Å². The molecule has 0 spiro atoms. The lowest BCUT2D eigenvalue weighted by molar-refractivity contribution is -0.114. The number of rotatable bonds is 4. The average molecular weight is 246 g/mol. The summed E-state index contributed by atoms with van der Waals surface area (Å²) >= 11 is 0. The average Bonchev–Trinajstić information content (AvgIpc) is 2.95. The number of hydrogen-bond donors (Lipinski definition) is 0. The van der Waals surface area contributed by atoms with Crippen LogP contribution in [0, 0.1) is 29.1 Å². The van der Waals surface area contributed by atoms with Crippen LogP contribution in [0.15, 0.2) is 23.8 Å². The van der Waals surface area contributed by atoms with Crippen LogP contribution < -0.4 is 0 Å². The molecule has 0 saturated heterocycles. The second-order valence-corrected chi connectivity index (χ2v) is 5.89. The molecule has 4 unspecified atom stereocenters. The molecule has 0 amide bonds. The number of aldehydes is 3. The number of hydrogen-bond acceptors (Lipinski definition) is 3. The minimum absolute atomic E-state index is 0.114. The van der Waals surface area contributed by atoms with E-state index in [1.165, 1.54) is 0 Å². The first kappa shape index (κ1) is 12.9. The summed E-state index contributed by atoms with van der Waals surface area (Å²) in [5, 5.41) is 0. The first-order valence-electron chi connectivity index (χ1n) is 6.23. The fraction of sp³-hybridized carbons (Fsp3) is 0.533. The number of carbonyl (C=O) groups excluding carboxylic acids is 3. The third kappa shape index (κ3) is 1.69. The molecule has 0 aromatic heterocycles. The van der Waals surface area contributed by atoms with Crippen molar-refractivity contribution in [1.29, 1.82) is 0 Å². The highest BCUT2D eigenvalue weighted by atomic mass is 16.1. The van der Waals surface area contributed by atoms with Gasteiger partial charge in [-0.3, -0.25) is 9.59 Å². The van der Waals surface area contributed by atoms with Crippen LogP contribution in [0.25, 0.3) is 0 Å². The van der Waals surface area contributed by atoms with Crippen LogP contribution in [0.1, 0.15) is 20.3 Å². The molecule has 2 aliphatic carbocycles.